The summed E-state index contributed by atoms with van der Waals surface area (Å²) in [5.41, 5.74) is 6.43. The number of hydrazone groups is 1. The standard InChI is InChI=1S/C18H24N4O4S/c1-2-9-21(14-8-10-27(25,26)12-14)18(24)15-11-16(17(19)23)22(20-15)13-6-4-3-5-7-13/h3-7,14,16H,2,8-12H2,1H3,(H2,19,23). The van der Waals surface area contributed by atoms with Crippen molar-refractivity contribution in [3.8, 4) is 0 Å². The summed E-state index contributed by atoms with van der Waals surface area (Å²) in [6.45, 7) is 2.38. The van der Waals surface area contributed by atoms with Gasteiger partial charge in [0, 0.05) is 19.0 Å². The van der Waals surface area contributed by atoms with Crippen molar-refractivity contribution < 1.29 is 18.0 Å². The summed E-state index contributed by atoms with van der Waals surface area (Å²) in [4.78, 5) is 26.6. The van der Waals surface area contributed by atoms with E-state index in [-0.39, 0.29) is 35.6 Å². The van der Waals surface area contributed by atoms with Crippen molar-refractivity contribution in [3.63, 3.8) is 0 Å². The zero-order valence-electron chi connectivity index (χ0n) is 15.2. The van der Waals surface area contributed by atoms with Gasteiger partial charge in [0.2, 0.25) is 5.91 Å². The fourth-order valence-corrected chi connectivity index (χ4v) is 5.29. The van der Waals surface area contributed by atoms with Crippen LogP contribution in [0.25, 0.3) is 0 Å². The van der Waals surface area contributed by atoms with Crippen LogP contribution >= 0.6 is 0 Å². The average Bonchev–Trinajstić information content (AvgIpc) is 3.23. The molecule has 1 fully saturated rings. The molecule has 2 unspecified atom stereocenters. The van der Waals surface area contributed by atoms with Crippen LogP contribution in [0.3, 0.4) is 0 Å². The second-order valence-corrected chi connectivity index (χ2v) is 9.13. The van der Waals surface area contributed by atoms with E-state index in [1.54, 1.807) is 17.0 Å². The van der Waals surface area contributed by atoms with E-state index in [1.165, 1.54) is 5.01 Å². The van der Waals surface area contributed by atoms with Gasteiger partial charge in [-0.1, -0.05) is 25.1 Å². The van der Waals surface area contributed by atoms with Gasteiger partial charge in [-0.05, 0) is 25.0 Å². The highest BCUT2D eigenvalue weighted by atomic mass is 32.2. The third kappa shape index (κ3) is 4.13. The predicted molar refractivity (Wildman–Crippen MR) is 103 cm³/mol. The number of nitrogens with two attached hydrogens (primary N) is 1. The van der Waals surface area contributed by atoms with Crippen LogP contribution in [-0.4, -0.2) is 61.0 Å². The normalized spacial score (nSPS) is 23.9. The minimum Gasteiger partial charge on any atom is -0.368 e. The highest BCUT2D eigenvalue weighted by molar-refractivity contribution is 7.91. The molecule has 0 saturated carbocycles. The molecule has 0 spiro atoms. The first kappa shape index (κ1) is 19.3. The first-order chi connectivity index (χ1) is 12.8. The number of amides is 2. The summed E-state index contributed by atoms with van der Waals surface area (Å²) in [7, 11) is -3.11. The molecule has 2 aliphatic rings. The Balaban J connectivity index is 1.86. The maximum atomic E-state index is 13.1. The van der Waals surface area contributed by atoms with Crippen molar-refractivity contribution in [2.24, 2.45) is 10.8 Å². The lowest BCUT2D eigenvalue weighted by Gasteiger charge is -2.27. The van der Waals surface area contributed by atoms with Crippen LogP contribution in [-0.2, 0) is 19.4 Å². The van der Waals surface area contributed by atoms with E-state index in [0.29, 0.717) is 25.1 Å². The number of rotatable bonds is 6. The summed E-state index contributed by atoms with van der Waals surface area (Å²) in [5, 5.41) is 5.86. The number of hydrogen-bond donors (Lipinski definition) is 1. The lowest BCUT2D eigenvalue weighted by molar-refractivity contribution is -0.126. The first-order valence-corrected chi connectivity index (χ1v) is 10.9. The molecule has 0 bridgehead atoms. The van der Waals surface area contributed by atoms with E-state index in [9.17, 15) is 18.0 Å². The highest BCUT2D eigenvalue weighted by Crippen LogP contribution is 2.26. The second-order valence-electron chi connectivity index (χ2n) is 6.90. The molecule has 2 amide bonds. The van der Waals surface area contributed by atoms with Gasteiger partial charge in [-0.3, -0.25) is 14.6 Å². The van der Waals surface area contributed by atoms with Crippen LogP contribution < -0.4 is 10.7 Å². The molecule has 0 aromatic heterocycles. The number of sulfone groups is 1. The van der Waals surface area contributed by atoms with Crippen LogP contribution in [0.2, 0.25) is 0 Å². The summed E-state index contributed by atoms with van der Waals surface area (Å²) in [6, 6.07) is 7.98. The molecule has 9 heteroatoms. The molecule has 8 nitrogen and oxygen atoms in total. The molecule has 146 valence electrons. The Morgan fingerprint density at radius 2 is 2.00 bits per heavy atom. The Morgan fingerprint density at radius 1 is 1.30 bits per heavy atom. The van der Waals surface area contributed by atoms with Crippen molar-refractivity contribution >= 4 is 33.1 Å². The van der Waals surface area contributed by atoms with Crippen molar-refractivity contribution in [2.75, 3.05) is 23.1 Å². The quantitative estimate of drug-likeness (QED) is 0.759. The van der Waals surface area contributed by atoms with Crippen LogP contribution in [0, 0.1) is 0 Å². The first-order valence-electron chi connectivity index (χ1n) is 9.05. The number of nitrogens with zero attached hydrogens (tertiary/aromatic N) is 3. The molecule has 2 aliphatic heterocycles. The van der Waals surface area contributed by atoms with Crippen LogP contribution in [0.15, 0.2) is 35.4 Å². The molecule has 1 saturated heterocycles. The van der Waals surface area contributed by atoms with Gasteiger partial charge in [-0.15, -0.1) is 0 Å². The number of hydrogen-bond acceptors (Lipinski definition) is 6. The fraction of sp³-hybridized carbons (Fsp3) is 0.500. The largest absolute Gasteiger partial charge is 0.368 e. The van der Waals surface area contributed by atoms with Crippen molar-refractivity contribution in [3.05, 3.63) is 30.3 Å². The molecule has 2 atom stereocenters. The lowest BCUT2D eigenvalue weighted by Crippen LogP contribution is -2.45. The Morgan fingerprint density at radius 3 is 2.56 bits per heavy atom. The number of benzene rings is 1. The number of carbonyl (C=O) groups is 2. The number of primary amides is 1. The maximum absolute atomic E-state index is 13.1. The maximum Gasteiger partial charge on any atom is 0.270 e. The molecular formula is C18H24N4O4S. The van der Waals surface area contributed by atoms with Gasteiger partial charge in [0.1, 0.15) is 11.8 Å². The van der Waals surface area contributed by atoms with Gasteiger partial charge in [-0.25, -0.2) is 8.42 Å². The summed E-state index contributed by atoms with van der Waals surface area (Å²) >= 11 is 0. The molecule has 3 rings (SSSR count). The van der Waals surface area contributed by atoms with E-state index in [0.717, 1.165) is 0 Å². The smallest absolute Gasteiger partial charge is 0.270 e. The van der Waals surface area contributed by atoms with Gasteiger partial charge < -0.3 is 10.6 Å². The van der Waals surface area contributed by atoms with E-state index >= 15 is 0 Å². The van der Waals surface area contributed by atoms with E-state index in [1.807, 2.05) is 25.1 Å². The van der Waals surface area contributed by atoms with Gasteiger partial charge in [0.15, 0.2) is 9.84 Å². The van der Waals surface area contributed by atoms with Crippen molar-refractivity contribution in [1.82, 2.24) is 4.90 Å². The highest BCUT2D eigenvalue weighted by Gasteiger charge is 2.40. The van der Waals surface area contributed by atoms with Crippen molar-refractivity contribution in [2.45, 2.75) is 38.3 Å². The molecule has 0 radical (unpaired) electrons. The topological polar surface area (TPSA) is 113 Å². The third-order valence-electron chi connectivity index (χ3n) is 4.88. The SMILES string of the molecule is CCCN(C(=O)C1=NN(c2ccccc2)C(C(N)=O)C1)C1CCS(=O)(=O)C1. The van der Waals surface area contributed by atoms with Gasteiger partial charge >= 0.3 is 0 Å². The van der Waals surface area contributed by atoms with Crippen LogP contribution in [0.5, 0.6) is 0 Å². The minimum absolute atomic E-state index is 0.0202. The van der Waals surface area contributed by atoms with Crippen LogP contribution in [0.4, 0.5) is 5.69 Å². The number of carbonyl (C=O) groups excluding carboxylic acids is 2. The summed E-state index contributed by atoms with van der Waals surface area (Å²) in [5.74, 6) is -0.801. The second kappa shape index (κ2) is 7.67. The molecular weight excluding hydrogens is 368 g/mol. The average molecular weight is 392 g/mol. The van der Waals surface area contributed by atoms with Crippen molar-refractivity contribution in [1.29, 1.82) is 0 Å². The summed E-state index contributed by atoms with van der Waals surface area (Å²) < 4.78 is 23.7. The monoisotopic (exact) mass is 392 g/mol. The molecule has 1 aromatic rings. The Hall–Kier alpha value is -2.42. The van der Waals surface area contributed by atoms with E-state index in [4.69, 9.17) is 5.73 Å². The Kier molecular flexibility index (Phi) is 5.50. The van der Waals surface area contributed by atoms with E-state index in [2.05, 4.69) is 5.10 Å². The zero-order valence-corrected chi connectivity index (χ0v) is 16.1. The Labute approximate surface area is 158 Å². The van der Waals surface area contributed by atoms with E-state index < -0.39 is 21.8 Å². The number of para-hydroxylation sites is 1. The number of anilines is 1. The molecule has 0 aliphatic carbocycles. The van der Waals surface area contributed by atoms with Crippen LogP contribution in [0.1, 0.15) is 26.2 Å². The minimum atomic E-state index is -3.11. The Bertz CT molecular complexity index is 853. The molecule has 27 heavy (non-hydrogen) atoms. The van der Waals surface area contributed by atoms with Gasteiger partial charge in [0.25, 0.3) is 5.91 Å². The zero-order chi connectivity index (χ0) is 19.6. The van der Waals surface area contributed by atoms with Gasteiger partial charge in [-0.2, -0.15) is 5.10 Å². The molecule has 2 N–H and O–H groups in total. The predicted octanol–water partition coefficient (Wildman–Crippen LogP) is 0.532. The summed E-state index contributed by atoms with van der Waals surface area (Å²) in [6.07, 6.45) is 1.25. The third-order valence-corrected chi connectivity index (χ3v) is 6.63. The lowest BCUT2D eigenvalue weighted by atomic mass is 10.1. The van der Waals surface area contributed by atoms with Gasteiger partial charge in [0.05, 0.1) is 17.2 Å². The fourth-order valence-electron chi connectivity index (χ4n) is 3.56. The molecule has 1 aromatic carbocycles. The molecule has 2 heterocycles.